The van der Waals surface area contributed by atoms with Gasteiger partial charge >= 0.3 is 0 Å². The molecule has 2 nitrogen and oxygen atoms in total. The number of hydrogen-bond donors (Lipinski definition) is 1. The van der Waals surface area contributed by atoms with Gasteiger partial charge in [0, 0.05) is 11.4 Å². The van der Waals surface area contributed by atoms with Crippen LogP contribution in [0.3, 0.4) is 0 Å². The maximum atomic E-state index is 4.48. The van der Waals surface area contributed by atoms with Gasteiger partial charge in [-0.1, -0.05) is 20.8 Å². The molecule has 1 saturated carbocycles. The molecule has 3 heteroatoms. The predicted octanol–water partition coefficient (Wildman–Crippen LogP) is 2.92. The van der Waals surface area contributed by atoms with Crippen molar-refractivity contribution in [2.45, 2.75) is 39.7 Å². The zero-order valence-electron chi connectivity index (χ0n) is 8.42. The van der Waals surface area contributed by atoms with Crippen molar-refractivity contribution in [3.8, 4) is 0 Å². The summed E-state index contributed by atoms with van der Waals surface area (Å²) < 4.78 is 0. The minimum Gasteiger partial charge on any atom is -0.358 e. The van der Waals surface area contributed by atoms with E-state index in [9.17, 15) is 0 Å². The van der Waals surface area contributed by atoms with E-state index in [4.69, 9.17) is 0 Å². The van der Waals surface area contributed by atoms with Crippen molar-refractivity contribution in [2.75, 3.05) is 5.32 Å². The Kier molecular flexibility index (Phi) is 2.06. The van der Waals surface area contributed by atoms with Gasteiger partial charge in [0.15, 0.2) is 5.13 Å². The van der Waals surface area contributed by atoms with Gasteiger partial charge in [-0.2, -0.15) is 0 Å². The summed E-state index contributed by atoms with van der Waals surface area (Å²) in [6, 6.07) is 0.642. The Labute approximate surface area is 83.4 Å². The van der Waals surface area contributed by atoms with Crippen LogP contribution in [0.5, 0.6) is 0 Å². The van der Waals surface area contributed by atoms with E-state index in [-0.39, 0.29) is 0 Å². The highest BCUT2D eigenvalue weighted by atomic mass is 32.1. The third kappa shape index (κ3) is 1.85. The first-order chi connectivity index (χ1) is 6.12. The Morgan fingerprint density at radius 2 is 2.38 bits per heavy atom. The Morgan fingerprint density at radius 3 is 2.85 bits per heavy atom. The maximum Gasteiger partial charge on any atom is 0.183 e. The molecule has 0 amide bonds. The molecule has 1 aliphatic carbocycles. The Morgan fingerprint density at radius 1 is 1.69 bits per heavy atom. The number of hydrogen-bond acceptors (Lipinski definition) is 3. The minimum atomic E-state index is 0.484. The van der Waals surface area contributed by atoms with E-state index in [0.717, 1.165) is 11.6 Å². The lowest BCUT2D eigenvalue weighted by molar-refractivity contribution is 0.630. The summed E-state index contributed by atoms with van der Waals surface area (Å²) in [7, 11) is 0. The van der Waals surface area contributed by atoms with E-state index in [1.54, 1.807) is 11.3 Å². The molecule has 0 bridgehead atoms. The minimum absolute atomic E-state index is 0.484. The Hall–Kier alpha value is -0.570. The molecule has 1 aliphatic rings. The molecule has 72 valence electrons. The Bertz CT molecular complexity index is 304. The monoisotopic (exact) mass is 196 g/mol. The largest absolute Gasteiger partial charge is 0.358 e. The van der Waals surface area contributed by atoms with Crippen LogP contribution in [0, 0.1) is 5.41 Å². The fourth-order valence-corrected chi connectivity index (χ4v) is 2.25. The molecule has 0 saturated heterocycles. The normalized spacial score (nSPS) is 24.4. The van der Waals surface area contributed by atoms with Crippen molar-refractivity contribution in [3.63, 3.8) is 0 Å². The van der Waals surface area contributed by atoms with Gasteiger partial charge in [-0.15, -0.1) is 11.3 Å². The van der Waals surface area contributed by atoms with Crippen LogP contribution >= 0.6 is 11.3 Å². The van der Waals surface area contributed by atoms with Crippen LogP contribution in [0.25, 0.3) is 0 Å². The standard InChI is InChI=1S/C10H16N2S/c1-4-7-6-13-9(11-7)12-8-5-10(8,2)3/h6,8H,4-5H2,1-3H3,(H,11,12). The second-order valence-electron chi connectivity index (χ2n) is 4.39. The van der Waals surface area contributed by atoms with Gasteiger partial charge in [0.05, 0.1) is 5.69 Å². The average Bonchev–Trinajstić information content (AvgIpc) is 2.48. The molecule has 1 fully saturated rings. The third-order valence-electron chi connectivity index (χ3n) is 2.73. The molecule has 1 atom stereocenters. The molecule has 2 rings (SSSR count). The molecule has 0 spiro atoms. The SMILES string of the molecule is CCc1csc(NC2CC2(C)C)n1. The van der Waals surface area contributed by atoms with E-state index in [0.29, 0.717) is 11.5 Å². The number of rotatable bonds is 3. The number of aromatic nitrogens is 1. The van der Waals surface area contributed by atoms with Crippen molar-refractivity contribution in [3.05, 3.63) is 11.1 Å². The van der Waals surface area contributed by atoms with Crippen molar-refractivity contribution in [2.24, 2.45) is 5.41 Å². The number of nitrogens with zero attached hydrogens (tertiary/aromatic N) is 1. The van der Waals surface area contributed by atoms with Gasteiger partial charge in [-0.05, 0) is 18.3 Å². The molecule has 0 aliphatic heterocycles. The fourth-order valence-electron chi connectivity index (χ4n) is 1.40. The highest BCUT2D eigenvalue weighted by Crippen LogP contribution is 2.46. The summed E-state index contributed by atoms with van der Waals surface area (Å²) in [6.07, 6.45) is 2.31. The van der Waals surface area contributed by atoms with Crippen molar-refractivity contribution >= 4 is 16.5 Å². The van der Waals surface area contributed by atoms with E-state index in [1.165, 1.54) is 12.1 Å². The zero-order valence-corrected chi connectivity index (χ0v) is 9.24. The smallest absolute Gasteiger partial charge is 0.183 e. The van der Waals surface area contributed by atoms with Gasteiger partial charge < -0.3 is 5.32 Å². The van der Waals surface area contributed by atoms with Gasteiger partial charge in [0.1, 0.15) is 0 Å². The van der Waals surface area contributed by atoms with Gasteiger partial charge in [-0.25, -0.2) is 4.98 Å². The van der Waals surface area contributed by atoms with Crippen LogP contribution in [-0.2, 0) is 6.42 Å². The molecule has 1 unspecified atom stereocenters. The molecule has 1 heterocycles. The van der Waals surface area contributed by atoms with E-state index >= 15 is 0 Å². The topological polar surface area (TPSA) is 24.9 Å². The van der Waals surface area contributed by atoms with Crippen LogP contribution in [-0.4, -0.2) is 11.0 Å². The van der Waals surface area contributed by atoms with Crippen LogP contribution in [0.2, 0.25) is 0 Å². The number of anilines is 1. The second kappa shape index (κ2) is 2.98. The van der Waals surface area contributed by atoms with Gasteiger partial charge in [-0.3, -0.25) is 0 Å². The lowest BCUT2D eigenvalue weighted by atomic mass is 10.2. The lowest BCUT2D eigenvalue weighted by Gasteiger charge is -2.03. The Balaban J connectivity index is 1.96. The van der Waals surface area contributed by atoms with Gasteiger partial charge in [0.2, 0.25) is 0 Å². The number of thiazole rings is 1. The average molecular weight is 196 g/mol. The number of aryl methyl sites for hydroxylation is 1. The molecule has 1 aromatic rings. The van der Waals surface area contributed by atoms with E-state index < -0.39 is 0 Å². The lowest BCUT2D eigenvalue weighted by Crippen LogP contribution is -2.07. The summed E-state index contributed by atoms with van der Waals surface area (Å²) in [6.45, 7) is 6.72. The maximum absolute atomic E-state index is 4.48. The van der Waals surface area contributed by atoms with Crippen molar-refractivity contribution < 1.29 is 0 Å². The van der Waals surface area contributed by atoms with Crippen LogP contribution in [0.1, 0.15) is 32.9 Å². The highest BCUT2D eigenvalue weighted by molar-refractivity contribution is 7.13. The highest BCUT2D eigenvalue weighted by Gasteiger charge is 2.45. The zero-order chi connectivity index (χ0) is 9.47. The van der Waals surface area contributed by atoms with Crippen LogP contribution < -0.4 is 5.32 Å². The third-order valence-corrected chi connectivity index (χ3v) is 3.55. The van der Waals surface area contributed by atoms with Crippen molar-refractivity contribution in [1.82, 2.24) is 4.98 Å². The molecule has 1 N–H and O–H groups in total. The summed E-state index contributed by atoms with van der Waals surface area (Å²) in [5.41, 5.74) is 1.68. The predicted molar refractivity (Wildman–Crippen MR) is 57.3 cm³/mol. The van der Waals surface area contributed by atoms with E-state index in [1.807, 2.05) is 0 Å². The molecular weight excluding hydrogens is 180 g/mol. The first-order valence-electron chi connectivity index (χ1n) is 4.83. The molecular formula is C10H16N2S. The van der Waals surface area contributed by atoms with Crippen LogP contribution in [0.4, 0.5) is 5.13 Å². The summed E-state index contributed by atoms with van der Waals surface area (Å²) in [4.78, 5) is 4.48. The second-order valence-corrected chi connectivity index (χ2v) is 5.25. The first-order valence-corrected chi connectivity index (χ1v) is 5.71. The summed E-state index contributed by atoms with van der Waals surface area (Å²) in [5.74, 6) is 0. The van der Waals surface area contributed by atoms with Crippen molar-refractivity contribution in [1.29, 1.82) is 0 Å². The van der Waals surface area contributed by atoms with Crippen LogP contribution in [0.15, 0.2) is 5.38 Å². The first kappa shape index (κ1) is 9.00. The molecule has 1 aromatic heterocycles. The quantitative estimate of drug-likeness (QED) is 0.804. The molecule has 0 aromatic carbocycles. The fraction of sp³-hybridized carbons (Fsp3) is 0.700. The molecule has 0 radical (unpaired) electrons. The van der Waals surface area contributed by atoms with Gasteiger partial charge in [0.25, 0.3) is 0 Å². The van der Waals surface area contributed by atoms with E-state index in [2.05, 4.69) is 36.5 Å². The number of nitrogens with one attached hydrogen (secondary N) is 1. The molecule has 13 heavy (non-hydrogen) atoms. The summed E-state index contributed by atoms with van der Waals surface area (Å²) >= 11 is 1.72. The summed E-state index contributed by atoms with van der Waals surface area (Å²) in [5, 5.41) is 6.70.